The first-order chi connectivity index (χ1) is 10.9. The predicted molar refractivity (Wildman–Crippen MR) is 90.1 cm³/mol. The monoisotopic (exact) mass is 331 g/mol. The van der Waals surface area contributed by atoms with Crippen LogP contribution in [0.2, 0.25) is 0 Å². The molecule has 1 N–H and O–H groups in total. The van der Waals surface area contributed by atoms with Gasteiger partial charge in [-0.05, 0) is 45.7 Å². The lowest BCUT2D eigenvalue weighted by Gasteiger charge is -2.20. The summed E-state index contributed by atoms with van der Waals surface area (Å²) >= 11 is 1.44. The molecule has 1 fully saturated rings. The van der Waals surface area contributed by atoms with Gasteiger partial charge in [-0.25, -0.2) is 0 Å². The molecule has 122 valence electrons. The van der Waals surface area contributed by atoms with E-state index in [0.717, 1.165) is 29.4 Å². The number of carbonyl (C=O) groups is 1. The zero-order valence-corrected chi connectivity index (χ0v) is 14.4. The van der Waals surface area contributed by atoms with Crippen LogP contribution in [0.5, 0.6) is 0 Å². The lowest BCUT2D eigenvalue weighted by Crippen LogP contribution is -2.41. The number of amides is 1. The van der Waals surface area contributed by atoms with Crippen molar-refractivity contribution in [3.63, 3.8) is 0 Å². The zero-order valence-electron chi connectivity index (χ0n) is 13.6. The Hall–Kier alpha value is -1.89. The Morgan fingerprint density at radius 1 is 1.39 bits per heavy atom. The number of hydrogen-bond acceptors (Lipinski definition) is 5. The SMILES string of the molecule is CC(C)(C)NC(=O)CSc1nnc(-c2cccnc2)n1C1CC1. The summed E-state index contributed by atoms with van der Waals surface area (Å²) in [6.07, 6.45) is 5.80. The van der Waals surface area contributed by atoms with Gasteiger partial charge in [-0.15, -0.1) is 10.2 Å². The minimum atomic E-state index is -0.220. The molecule has 0 unspecified atom stereocenters. The van der Waals surface area contributed by atoms with E-state index in [2.05, 4.69) is 25.1 Å². The number of nitrogens with zero attached hydrogens (tertiary/aromatic N) is 4. The first kappa shape index (κ1) is 16.0. The predicted octanol–water partition coefficient (Wildman–Crippen LogP) is 2.68. The Morgan fingerprint density at radius 3 is 2.78 bits per heavy atom. The van der Waals surface area contributed by atoms with Gasteiger partial charge in [-0.2, -0.15) is 0 Å². The second kappa shape index (κ2) is 6.31. The van der Waals surface area contributed by atoms with E-state index >= 15 is 0 Å². The van der Waals surface area contributed by atoms with Crippen LogP contribution in [0.1, 0.15) is 39.7 Å². The molecule has 1 aliphatic rings. The maximum atomic E-state index is 12.0. The van der Waals surface area contributed by atoms with E-state index in [1.165, 1.54) is 11.8 Å². The number of pyridine rings is 1. The molecule has 1 saturated carbocycles. The van der Waals surface area contributed by atoms with Gasteiger partial charge >= 0.3 is 0 Å². The lowest BCUT2D eigenvalue weighted by atomic mass is 10.1. The average molecular weight is 331 g/mol. The fourth-order valence-electron chi connectivity index (χ4n) is 2.31. The maximum Gasteiger partial charge on any atom is 0.230 e. The van der Waals surface area contributed by atoms with Gasteiger partial charge in [0.25, 0.3) is 0 Å². The van der Waals surface area contributed by atoms with Crippen molar-refractivity contribution < 1.29 is 4.79 Å². The van der Waals surface area contributed by atoms with Crippen molar-refractivity contribution in [1.29, 1.82) is 0 Å². The van der Waals surface area contributed by atoms with E-state index in [4.69, 9.17) is 0 Å². The molecule has 7 heteroatoms. The van der Waals surface area contributed by atoms with Crippen molar-refractivity contribution in [2.24, 2.45) is 0 Å². The molecule has 2 aromatic rings. The van der Waals surface area contributed by atoms with E-state index in [0.29, 0.717) is 11.8 Å². The van der Waals surface area contributed by atoms with Crippen LogP contribution in [0, 0.1) is 0 Å². The van der Waals surface area contributed by atoms with Gasteiger partial charge in [-0.3, -0.25) is 14.3 Å². The van der Waals surface area contributed by atoms with Gasteiger partial charge in [0.15, 0.2) is 11.0 Å². The summed E-state index contributed by atoms with van der Waals surface area (Å²) in [5, 5.41) is 12.4. The second-order valence-electron chi connectivity index (χ2n) is 6.74. The molecule has 2 heterocycles. The highest BCUT2D eigenvalue weighted by Gasteiger charge is 2.30. The van der Waals surface area contributed by atoms with Crippen LogP contribution in [-0.2, 0) is 4.79 Å². The van der Waals surface area contributed by atoms with Gasteiger partial charge in [0.05, 0.1) is 5.75 Å². The largest absolute Gasteiger partial charge is 0.351 e. The Kier molecular flexibility index (Phi) is 4.39. The Labute approximate surface area is 140 Å². The topological polar surface area (TPSA) is 72.7 Å². The van der Waals surface area contributed by atoms with Crippen LogP contribution in [0.3, 0.4) is 0 Å². The Bertz CT molecular complexity index is 688. The molecular formula is C16H21N5OS. The van der Waals surface area contributed by atoms with Crippen LogP contribution >= 0.6 is 11.8 Å². The zero-order chi connectivity index (χ0) is 16.4. The van der Waals surface area contributed by atoms with Gasteiger partial charge in [0.2, 0.25) is 5.91 Å². The van der Waals surface area contributed by atoms with E-state index in [-0.39, 0.29) is 11.4 Å². The molecule has 23 heavy (non-hydrogen) atoms. The van der Waals surface area contributed by atoms with E-state index in [1.807, 2.05) is 32.9 Å². The lowest BCUT2D eigenvalue weighted by molar-refractivity contribution is -0.119. The van der Waals surface area contributed by atoms with Crippen LogP contribution < -0.4 is 5.32 Å². The fraction of sp³-hybridized carbons (Fsp3) is 0.500. The van der Waals surface area contributed by atoms with Crippen molar-refractivity contribution in [3.8, 4) is 11.4 Å². The first-order valence-corrected chi connectivity index (χ1v) is 8.72. The molecule has 0 radical (unpaired) electrons. The second-order valence-corrected chi connectivity index (χ2v) is 7.68. The van der Waals surface area contributed by atoms with Crippen LogP contribution in [0.4, 0.5) is 0 Å². The molecular weight excluding hydrogens is 310 g/mol. The van der Waals surface area contributed by atoms with Crippen molar-refractivity contribution in [1.82, 2.24) is 25.1 Å². The molecule has 6 nitrogen and oxygen atoms in total. The third-order valence-corrected chi connectivity index (χ3v) is 4.29. The summed E-state index contributed by atoms with van der Waals surface area (Å²) in [6, 6.07) is 4.31. The smallest absolute Gasteiger partial charge is 0.230 e. The summed E-state index contributed by atoms with van der Waals surface area (Å²) < 4.78 is 2.14. The molecule has 1 amide bonds. The summed E-state index contributed by atoms with van der Waals surface area (Å²) in [5.41, 5.74) is 0.737. The van der Waals surface area contributed by atoms with Crippen molar-refractivity contribution in [3.05, 3.63) is 24.5 Å². The molecule has 1 aliphatic carbocycles. The maximum absolute atomic E-state index is 12.0. The molecule has 0 spiro atoms. The van der Waals surface area contributed by atoms with Crippen LogP contribution in [0.25, 0.3) is 11.4 Å². The van der Waals surface area contributed by atoms with E-state index < -0.39 is 0 Å². The minimum Gasteiger partial charge on any atom is -0.351 e. The van der Waals surface area contributed by atoms with Crippen molar-refractivity contribution >= 4 is 17.7 Å². The normalized spacial score (nSPS) is 14.7. The van der Waals surface area contributed by atoms with Gasteiger partial charge in [0.1, 0.15) is 0 Å². The standard InChI is InChI=1S/C16H21N5OS/c1-16(2,3)18-13(22)10-23-15-20-19-14(21(15)12-6-7-12)11-5-4-8-17-9-11/h4-5,8-9,12H,6-7,10H2,1-3H3,(H,18,22). The fourth-order valence-corrected chi connectivity index (χ4v) is 3.12. The number of thioether (sulfide) groups is 1. The summed E-state index contributed by atoms with van der Waals surface area (Å²) in [5.74, 6) is 1.19. The molecule has 0 bridgehead atoms. The van der Waals surface area contributed by atoms with E-state index in [9.17, 15) is 4.79 Å². The third kappa shape index (κ3) is 4.10. The highest BCUT2D eigenvalue weighted by atomic mass is 32.2. The highest BCUT2D eigenvalue weighted by molar-refractivity contribution is 7.99. The molecule has 0 saturated heterocycles. The van der Waals surface area contributed by atoms with Crippen molar-refractivity contribution in [2.45, 2.75) is 50.4 Å². The first-order valence-electron chi connectivity index (χ1n) is 7.73. The number of aromatic nitrogens is 4. The number of rotatable bonds is 5. The molecule has 3 rings (SSSR count). The molecule has 0 aliphatic heterocycles. The van der Waals surface area contributed by atoms with Crippen LogP contribution in [0.15, 0.2) is 29.7 Å². The number of nitrogens with one attached hydrogen (secondary N) is 1. The number of carbonyl (C=O) groups excluding carboxylic acids is 1. The van der Waals surface area contributed by atoms with Gasteiger partial charge in [0, 0.05) is 29.5 Å². The molecule has 0 atom stereocenters. The Morgan fingerprint density at radius 2 is 2.17 bits per heavy atom. The van der Waals surface area contributed by atoms with E-state index in [1.54, 1.807) is 12.4 Å². The highest BCUT2D eigenvalue weighted by Crippen LogP contribution is 2.40. The molecule has 0 aromatic carbocycles. The minimum absolute atomic E-state index is 0.00998. The Balaban J connectivity index is 1.76. The number of hydrogen-bond donors (Lipinski definition) is 1. The average Bonchev–Trinajstić information content (AvgIpc) is 3.24. The van der Waals surface area contributed by atoms with Gasteiger partial charge in [-0.1, -0.05) is 11.8 Å². The van der Waals surface area contributed by atoms with Gasteiger partial charge < -0.3 is 5.32 Å². The summed E-state index contributed by atoms with van der Waals surface area (Å²) in [7, 11) is 0. The van der Waals surface area contributed by atoms with Crippen LogP contribution in [-0.4, -0.2) is 36.9 Å². The summed E-state index contributed by atoms with van der Waals surface area (Å²) in [4.78, 5) is 16.2. The summed E-state index contributed by atoms with van der Waals surface area (Å²) in [6.45, 7) is 5.92. The molecule has 2 aromatic heterocycles. The quantitative estimate of drug-likeness (QED) is 0.853. The van der Waals surface area contributed by atoms with Crippen molar-refractivity contribution in [2.75, 3.05) is 5.75 Å². The third-order valence-electron chi connectivity index (χ3n) is 3.34.